The number of carbonyl (C=O) groups excluding carboxylic acids is 1. The van der Waals surface area contributed by atoms with Crippen LogP contribution in [-0.2, 0) is 11.3 Å². The van der Waals surface area contributed by atoms with Crippen LogP contribution in [-0.4, -0.2) is 33.5 Å². The third kappa shape index (κ3) is 5.90. The Bertz CT molecular complexity index is 619. The molecule has 0 fully saturated rings. The maximum atomic E-state index is 11.9. The molecule has 2 N–H and O–H groups in total. The zero-order valence-corrected chi connectivity index (χ0v) is 13.3. The highest BCUT2D eigenvalue weighted by Gasteiger charge is 2.08. The first-order valence-corrected chi connectivity index (χ1v) is 7.53. The fraction of sp³-hybridized carbons (Fsp3) is 0.375. The summed E-state index contributed by atoms with van der Waals surface area (Å²) in [6.07, 6.45) is 5.34. The Balaban J connectivity index is 1.76. The van der Waals surface area contributed by atoms with Gasteiger partial charge in [0.25, 0.3) is 0 Å². The van der Waals surface area contributed by atoms with Crippen LogP contribution < -0.4 is 15.4 Å². The van der Waals surface area contributed by atoms with Crippen LogP contribution in [0.4, 0.5) is 5.95 Å². The molecule has 7 nitrogen and oxygen atoms in total. The number of pyridine rings is 1. The standard InChI is InChI=1S/C16H21N5O2/c1-12(2)23-15-13(5-3-7-17-15)11-21-14(22)6-10-20-16-18-8-4-9-19-16/h3-5,7-9,12H,6,10-11H2,1-2H3,(H,21,22)(H,18,19,20). The second-order valence-corrected chi connectivity index (χ2v) is 5.16. The van der Waals surface area contributed by atoms with Gasteiger partial charge in [-0.1, -0.05) is 6.07 Å². The summed E-state index contributed by atoms with van der Waals surface area (Å²) in [5.74, 6) is 1.01. The van der Waals surface area contributed by atoms with E-state index < -0.39 is 0 Å². The molecule has 122 valence electrons. The molecule has 0 aromatic carbocycles. The van der Waals surface area contributed by atoms with Crippen molar-refractivity contribution in [1.82, 2.24) is 20.3 Å². The number of amides is 1. The van der Waals surface area contributed by atoms with Crippen LogP contribution in [0.25, 0.3) is 0 Å². The van der Waals surface area contributed by atoms with Gasteiger partial charge in [0.1, 0.15) is 0 Å². The van der Waals surface area contributed by atoms with E-state index in [2.05, 4.69) is 25.6 Å². The number of carbonyl (C=O) groups is 1. The molecule has 2 rings (SSSR count). The van der Waals surface area contributed by atoms with Gasteiger partial charge in [0.2, 0.25) is 17.7 Å². The van der Waals surface area contributed by atoms with Crippen molar-refractivity contribution in [2.75, 3.05) is 11.9 Å². The number of rotatable bonds is 8. The summed E-state index contributed by atoms with van der Waals surface area (Å²) >= 11 is 0. The van der Waals surface area contributed by atoms with Gasteiger partial charge in [-0.25, -0.2) is 15.0 Å². The Kier molecular flexibility index (Phi) is 6.28. The summed E-state index contributed by atoms with van der Waals surface area (Å²) in [7, 11) is 0. The molecule has 23 heavy (non-hydrogen) atoms. The van der Waals surface area contributed by atoms with Crippen molar-refractivity contribution in [1.29, 1.82) is 0 Å². The minimum absolute atomic E-state index is 0.0365. The molecule has 0 spiro atoms. The molecular weight excluding hydrogens is 294 g/mol. The number of hydrogen-bond acceptors (Lipinski definition) is 6. The first-order chi connectivity index (χ1) is 11.1. The van der Waals surface area contributed by atoms with E-state index in [1.807, 2.05) is 26.0 Å². The smallest absolute Gasteiger partial charge is 0.222 e. The van der Waals surface area contributed by atoms with Crippen molar-refractivity contribution in [2.45, 2.75) is 32.9 Å². The SMILES string of the molecule is CC(C)Oc1ncccc1CNC(=O)CCNc1ncccn1. The molecule has 7 heteroatoms. The molecule has 2 heterocycles. The first-order valence-electron chi connectivity index (χ1n) is 7.53. The van der Waals surface area contributed by atoms with E-state index in [0.717, 1.165) is 5.56 Å². The van der Waals surface area contributed by atoms with Gasteiger partial charge in [-0.3, -0.25) is 4.79 Å². The van der Waals surface area contributed by atoms with Crippen molar-refractivity contribution in [2.24, 2.45) is 0 Å². The number of nitrogens with one attached hydrogen (secondary N) is 2. The van der Waals surface area contributed by atoms with Crippen LogP contribution in [0.2, 0.25) is 0 Å². The van der Waals surface area contributed by atoms with Gasteiger partial charge in [0, 0.05) is 43.7 Å². The highest BCUT2D eigenvalue weighted by Crippen LogP contribution is 2.15. The van der Waals surface area contributed by atoms with Gasteiger partial charge in [-0.2, -0.15) is 0 Å². The van der Waals surface area contributed by atoms with Crippen molar-refractivity contribution in [3.8, 4) is 5.88 Å². The second kappa shape index (κ2) is 8.67. The van der Waals surface area contributed by atoms with Gasteiger partial charge < -0.3 is 15.4 Å². The Morgan fingerprint density at radius 2 is 1.91 bits per heavy atom. The molecule has 0 aliphatic carbocycles. The highest BCUT2D eigenvalue weighted by molar-refractivity contribution is 5.76. The van der Waals surface area contributed by atoms with Crippen molar-refractivity contribution < 1.29 is 9.53 Å². The van der Waals surface area contributed by atoms with Gasteiger partial charge in [0.15, 0.2) is 0 Å². The van der Waals surface area contributed by atoms with Crippen molar-refractivity contribution >= 4 is 11.9 Å². The van der Waals surface area contributed by atoms with E-state index in [9.17, 15) is 4.79 Å². The van der Waals surface area contributed by atoms with E-state index in [1.54, 1.807) is 24.7 Å². The van der Waals surface area contributed by atoms with Gasteiger partial charge in [-0.05, 0) is 26.0 Å². The van der Waals surface area contributed by atoms with E-state index in [-0.39, 0.29) is 12.0 Å². The van der Waals surface area contributed by atoms with Crippen LogP contribution >= 0.6 is 0 Å². The van der Waals surface area contributed by atoms with Crippen LogP contribution in [0.3, 0.4) is 0 Å². The Morgan fingerprint density at radius 1 is 1.17 bits per heavy atom. The Labute approximate surface area is 135 Å². The van der Waals surface area contributed by atoms with Crippen LogP contribution in [0.1, 0.15) is 25.8 Å². The third-order valence-electron chi connectivity index (χ3n) is 2.87. The number of aromatic nitrogens is 3. The summed E-state index contributed by atoms with van der Waals surface area (Å²) in [6, 6.07) is 5.45. The van der Waals surface area contributed by atoms with Crippen LogP contribution in [0, 0.1) is 0 Å². The highest BCUT2D eigenvalue weighted by atomic mass is 16.5. The quantitative estimate of drug-likeness (QED) is 0.772. The molecule has 0 saturated carbocycles. The molecule has 0 saturated heterocycles. The van der Waals surface area contributed by atoms with Crippen molar-refractivity contribution in [3.63, 3.8) is 0 Å². The second-order valence-electron chi connectivity index (χ2n) is 5.16. The molecular formula is C16H21N5O2. The summed E-state index contributed by atoms with van der Waals surface area (Å²) in [4.78, 5) is 24.1. The normalized spacial score (nSPS) is 10.4. The number of nitrogens with zero attached hydrogens (tertiary/aromatic N) is 3. The molecule has 0 radical (unpaired) electrons. The lowest BCUT2D eigenvalue weighted by Gasteiger charge is -2.13. The van der Waals surface area contributed by atoms with Crippen LogP contribution in [0.5, 0.6) is 5.88 Å². The molecule has 2 aromatic rings. The lowest BCUT2D eigenvalue weighted by atomic mass is 10.2. The number of ether oxygens (including phenoxy) is 1. The summed E-state index contributed by atoms with van der Waals surface area (Å²) < 4.78 is 5.63. The summed E-state index contributed by atoms with van der Waals surface area (Å²) in [5.41, 5.74) is 0.855. The molecule has 0 aliphatic heterocycles. The van der Waals surface area contributed by atoms with Crippen LogP contribution in [0.15, 0.2) is 36.8 Å². The van der Waals surface area contributed by atoms with Gasteiger partial charge >= 0.3 is 0 Å². The molecule has 0 unspecified atom stereocenters. The largest absolute Gasteiger partial charge is 0.475 e. The number of hydrogen-bond donors (Lipinski definition) is 2. The lowest BCUT2D eigenvalue weighted by molar-refractivity contribution is -0.121. The monoisotopic (exact) mass is 315 g/mol. The maximum absolute atomic E-state index is 11.9. The zero-order valence-electron chi connectivity index (χ0n) is 13.3. The van der Waals surface area contributed by atoms with Gasteiger partial charge in [0.05, 0.1) is 6.10 Å². The summed E-state index contributed by atoms with van der Waals surface area (Å²) in [5, 5.41) is 5.85. The first kappa shape index (κ1) is 16.7. The zero-order chi connectivity index (χ0) is 16.5. The fourth-order valence-electron chi connectivity index (χ4n) is 1.85. The average molecular weight is 315 g/mol. The molecule has 2 aromatic heterocycles. The topological polar surface area (TPSA) is 89.0 Å². The Hall–Kier alpha value is -2.70. The average Bonchev–Trinajstić information content (AvgIpc) is 2.54. The maximum Gasteiger partial charge on any atom is 0.222 e. The molecule has 0 aliphatic rings. The lowest BCUT2D eigenvalue weighted by Crippen LogP contribution is -2.25. The molecule has 0 atom stereocenters. The third-order valence-corrected chi connectivity index (χ3v) is 2.87. The summed E-state index contributed by atoms with van der Waals surface area (Å²) in [6.45, 7) is 4.73. The number of anilines is 1. The minimum Gasteiger partial charge on any atom is -0.475 e. The molecule has 0 bridgehead atoms. The predicted octanol–water partition coefficient (Wildman–Crippen LogP) is 1.78. The van der Waals surface area contributed by atoms with E-state index in [0.29, 0.717) is 31.3 Å². The fourth-order valence-corrected chi connectivity index (χ4v) is 1.85. The minimum atomic E-state index is -0.0622. The predicted molar refractivity (Wildman–Crippen MR) is 87.0 cm³/mol. The van der Waals surface area contributed by atoms with E-state index in [4.69, 9.17) is 4.74 Å². The molecule has 1 amide bonds. The van der Waals surface area contributed by atoms with E-state index >= 15 is 0 Å². The van der Waals surface area contributed by atoms with E-state index in [1.165, 1.54) is 0 Å². The Morgan fingerprint density at radius 3 is 2.65 bits per heavy atom. The van der Waals surface area contributed by atoms with Gasteiger partial charge in [-0.15, -0.1) is 0 Å². The van der Waals surface area contributed by atoms with Crippen molar-refractivity contribution in [3.05, 3.63) is 42.4 Å².